The van der Waals surface area contributed by atoms with Gasteiger partial charge in [0.15, 0.2) is 23.2 Å². The molecular weight excluding hydrogens is 440 g/mol. The van der Waals surface area contributed by atoms with Crippen LogP contribution in [0.3, 0.4) is 0 Å². The number of halogens is 3. The van der Waals surface area contributed by atoms with E-state index in [1.807, 2.05) is 0 Å². The smallest absolute Gasteiger partial charge is 0.168 e. The monoisotopic (exact) mass is 453 g/mol. The summed E-state index contributed by atoms with van der Waals surface area (Å²) in [6, 6.07) is 8.93. The van der Waals surface area contributed by atoms with Gasteiger partial charge in [-0.15, -0.1) is 5.10 Å². The summed E-state index contributed by atoms with van der Waals surface area (Å²) in [4.78, 5) is 12.6. The van der Waals surface area contributed by atoms with Gasteiger partial charge in [0.05, 0.1) is 5.52 Å². The number of nitrogens with one attached hydrogen (secondary N) is 1. The molecule has 0 fully saturated rings. The first-order chi connectivity index (χ1) is 15.4. The van der Waals surface area contributed by atoms with Crippen LogP contribution >= 0.6 is 11.6 Å². The molecule has 1 N–H and O–H groups in total. The van der Waals surface area contributed by atoms with E-state index >= 15 is 0 Å². The van der Waals surface area contributed by atoms with E-state index in [0.29, 0.717) is 33.6 Å². The summed E-state index contributed by atoms with van der Waals surface area (Å²) < 4.78 is 36.3. The molecule has 0 spiro atoms. The van der Waals surface area contributed by atoms with Gasteiger partial charge in [-0.2, -0.15) is 0 Å². The first kappa shape index (κ1) is 20.0. The Bertz CT molecular complexity index is 1480. The van der Waals surface area contributed by atoms with Crippen LogP contribution in [0.5, 0.6) is 11.5 Å². The molecule has 0 unspecified atom stereocenters. The van der Waals surface area contributed by atoms with Crippen molar-refractivity contribution in [2.75, 3.05) is 5.32 Å². The summed E-state index contributed by atoms with van der Waals surface area (Å²) in [6.07, 6.45) is 1.37. The van der Waals surface area contributed by atoms with Crippen LogP contribution in [-0.4, -0.2) is 29.9 Å². The molecule has 0 bridgehead atoms. The molecule has 5 aromatic rings. The van der Waals surface area contributed by atoms with Gasteiger partial charge < -0.3 is 10.1 Å². The second-order valence-electron chi connectivity index (χ2n) is 7.04. The van der Waals surface area contributed by atoms with Gasteiger partial charge in [-0.25, -0.2) is 28.4 Å². The molecule has 11 heteroatoms. The Labute approximate surface area is 184 Å². The SMILES string of the molecule is Cc1cc(Nc2ncnc3ccc(Cl)nc23)cc(F)c1Oc1cc(F)c2c(c1)nnn2C. The van der Waals surface area contributed by atoms with Gasteiger partial charge in [-0.3, -0.25) is 0 Å². The number of aromatic nitrogens is 6. The molecule has 0 aliphatic heterocycles. The molecule has 32 heavy (non-hydrogen) atoms. The molecule has 0 saturated heterocycles. The van der Waals surface area contributed by atoms with Gasteiger partial charge in [0, 0.05) is 30.9 Å². The lowest BCUT2D eigenvalue weighted by Crippen LogP contribution is -2.00. The second kappa shape index (κ2) is 7.65. The summed E-state index contributed by atoms with van der Waals surface area (Å²) in [5.74, 6) is -0.759. The maximum absolute atomic E-state index is 14.9. The van der Waals surface area contributed by atoms with Crippen molar-refractivity contribution in [1.29, 1.82) is 0 Å². The Balaban J connectivity index is 1.47. The van der Waals surface area contributed by atoms with Gasteiger partial charge in [-0.05, 0) is 30.7 Å². The lowest BCUT2D eigenvalue weighted by molar-refractivity contribution is 0.436. The topological polar surface area (TPSA) is 90.6 Å². The molecule has 5 rings (SSSR count). The predicted octanol–water partition coefficient (Wildman–Crippen LogP) is 5.08. The summed E-state index contributed by atoms with van der Waals surface area (Å²) >= 11 is 5.98. The highest BCUT2D eigenvalue weighted by atomic mass is 35.5. The lowest BCUT2D eigenvalue weighted by Gasteiger charge is -2.13. The number of nitrogens with zero attached hydrogens (tertiary/aromatic N) is 6. The van der Waals surface area contributed by atoms with Crippen molar-refractivity contribution >= 4 is 45.2 Å². The fraction of sp³-hybridized carbons (Fsp3) is 0.0952. The summed E-state index contributed by atoms with van der Waals surface area (Å²) in [7, 11) is 1.58. The molecule has 0 radical (unpaired) electrons. The average molecular weight is 454 g/mol. The number of hydrogen-bond acceptors (Lipinski definition) is 7. The van der Waals surface area contributed by atoms with Gasteiger partial charge in [0.2, 0.25) is 0 Å². The number of ether oxygens (including phenoxy) is 1. The molecule has 0 aliphatic carbocycles. The summed E-state index contributed by atoms with van der Waals surface area (Å²) in [6.45, 7) is 1.67. The van der Waals surface area contributed by atoms with E-state index in [-0.39, 0.29) is 22.2 Å². The van der Waals surface area contributed by atoms with Crippen LogP contribution in [-0.2, 0) is 7.05 Å². The predicted molar refractivity (Wildman–Crippen MR) is 115 cm³/mol. The number of anilines is 2. The number of hydrogen-bond donors (Lipinski definition) is 1. The number of pyridine rings is 1. The minimum Gasteiger partial charge on any atom is -0.454 e. The van der Waals surface area contributed by atoms with Crippen molar-refractivity contribution in [3.05, 3.63) is 65.1 Å². The van der Waals surface area contributed by atoms with Gasteiger partial charge >= 0.3 is 0 Å². The molecule has 3 heterocycles. The average Bonchev–Trinajstić information content (AvgIpc) is 3.12. The van der Waals surface area contributed by atoms with Crippen molar-refractivity contribution in [2.45, 2.75) is 6.92 Å². The molecule has 0 aliphatic rings. The van der Waals surface area contributed by atoms with Crippen molar-refractivity contribution < 1.29 is 13.5 Å². The van der Waals surface area contributed by atoms with E-state index < -0.39 is 11.6 Å². The third-order valence-corrected chi connectivity index (χ3v) is 5.00. The minimum absolute atomic E-state index is 0.0353. The van der Waals surface area contributed by atoms with Crippen LogP contribution in [0, 0.1) is 18.6 Å². The molecule has 3 aromatic heterocycles. The van der Waals surface area contributed by atoms with Crippen LogP contribution in [0.25, 0.3) is 22.1 Å². The lowest BCUT2D eigenvalue weighted by atomic mass is 10.2. The van der Waals surface area contributed by atoms with E-state index in [1.165, 1.54) is 29.2 Å². The number of fused-ring (bicyclic) bond motifs is 2. The highest BCUT2D eigenvalue weighted by molar-refractivity contribution is 6.29. The van der Waals surface area contributed by atoms with Gasteiger partial charge in [-0.1, -0.05) is 16.8 Å². The van der Waals surface area contributed by atoms with E-state index in [9.17, 15) is 8.78 Å². The quantitative estimate of drug-likeness (QED) is 0.379. The van der Waals surface area contributed by atoms with Crippen molar-refractivity contribution in [1.82, 2.24) is 29.9 Å². The van der Waals surface area contributed by atoms with Crippen LogP contribution in [0.2, 0.25) is 5.15 Å². The van der Waals surface area contributed by atoms with E-state index in [1.54, 1.807) is 32.2 Å². The zero-order chi connectivity index (χ0) is 22.4. The molecule has 0 saturated carbocycles. The van der Waals surface area contributed by atoms with Crippen molar-refractivity contribution in [3.8, 4) is 11.5 Å². The zero-order valence-electron chi connectivity index (χ0n) is 16.8. The maximum atomic E-state index is 14.9. The van der Waals surface area contributed by atoms with E-state index in [4.69, 9.17) is 16.3 Å². The Hall–Kier alpha value is -3.92. The Morgan fingerprint density at radius 1 is 1.03 bits per heavy atom. The molecule has 0 amide bonds. The number of rotatable bonds is 4. The maximum Gasteiger partial charge on any atom is 0.168 e. The van der Waals surface area contributed by atoms with Crippen LogP contribution in [0.1, 0.15) is 5.56 Å². The molecule has 2 aromatic carbocycles. The molecule has 0 atom stereocenters. The third kappa shape index (κ3) is 3.54. The minimum atomic E-state index is -0.642. The number of aryl methyl sites for hydroxylation is 2. The number of benzene rings is 2. The normalized spacial score (nSPS) is 11.3. The summed E-state index contributed by atoms with van der Waals surface area (Å²) in [5, 5.41) is 11.0. The van der Waals surface area contributed by atoms with E-state index in [0.717, 1.165) is 0 Å². The van der Waals surface area contributed by atoms with Gasteiger partial charge in [0.25, 0.3) is 0 Å². The first-order valence-corrected chi connectivity index (χ1v) is 9.78. The highest BCUT2D eigenvalue weighted by Crippen LogP contribution is 2.34. The van der Waals surface area contributed by atoms with E-state index in [2.05, 4.69) is 30.6 Å². The van der Waals surface area contributed by atoms with Crippen LogP contribution < -0.4 is 10.1 Å². The third-order valence-electron chi connectivity index (χ3n) is 4.79. The highest BCUT2D eigenvalue weighted by Gasteiger charge is 2.16. The van der Waals surface area contributed by atoms with Crippen LogP contribution in [0.4, 0.5) is 20.3 Å². The van der Waals surface area contributed by atoms with Crippen LogP contribution in [0.15, 0.2) is 42.7 Å². The summed E-state index contributed by atoms with van der Waals surface area (Å²) in [5.41, 5.74) is 2.48. The second-order valence-corrected chi connectivity index (χ2v) is 7.43. The first-order valence-electron chi connectivity index (χ1n) is 9.40. The standard InChI is InChI=1S/C21H14ClF2N7O/c1-10-5-11(27-21-18-15(25-9-26-21)3-4-17(22)28-18)6-14(24)20(10)32-12-7-13(23)19-16(8-12)29-30-31(19)2/h3-9H,1-2H3,(H,25,26,27). The largest absolute Gasteiger partial charge is 0.454 e. The molecule has 160 valence electrons. The Morgan fingerprint density at radius 2 is 1.88 bits per heavy atom. The Kier molecular flexibility index (Phi) is 4.78. The van der Waals surface area contributed by atoms with Crippen molar-refractivity contribution in [2.24, 2.45) is 7.05 Å². The fourth-order valence-electron chi connectivity index (χ4n) is 3.37. The Morgan fingerprint density at radius 3 is 2.69 bits per heavy atom. The zero-order valence-corrected chi connectivity index (χ0v) is 17.5. The molecule has 8 nitrogen and oxygen atoms in total. The van der Waals surface area contributed by atoms with Crippen molar-refractivity contribution in [3.63, 3.8) is 0 Å². The molecular formula is C21H14ClF2N7O. The van der Waals surface area contributed by atoms with Gasteiger partial charge in [0.1, 0.15) is 33.8 Å². The fourth-order valence-corrected chi connectivity index (χ4v) is 3.52.